The van der Waals surface area contributed by atoms with Crippen LogP contribution in [0.1, 0.15) is 23.7 Å². The van der Waals surface area contributed by atoms with E-state index in [9.17, 15) is 5.11 Å². The summed E-state index contributed by atoms with van der Waals surface area (Å²) in [4.78, 5) is 4.04. The van der Waals surface area contributed by atoms with Crippen molar-refractivity contribution >= 4 is 11.3 Å². The molecule has 0 saturated carbocycles. The molecule has 3 nitrogen and oxygen atoms in total. The van der Waals surface area contributed by atoms with Crippen molar-refractivity contribution < 1.29 is 10.2 Å². The van der Waals surface area contributed by atoms with Crippen LogP contribution in [0.2, 0.25) is 0 Å². The van der Waals surface area contributed by atoms with Crippen LogP contribution in [-0.4, -0.2) is 21.3 Å². The van der Waals surface area contributed by atoms with Crippen LogP contribution in [0.15, 0.2) is 5.38 Å². The maximum atomic E-state index is 9.31. The van der Waals surface area contributed by atoms with E-state index in [-0.39, 0.29) is 0 Å². The van der Waals surface area contributed by atoms with E-state index in [2.05, 4.69) is 4.98 Å². The average Bonchev–Trinajstić information content (AvgIpc) is 2.34. The Morgan fingerprint density at radius 1 is 1.55 bits per heavy atom. The fraction of sp³-hybridized carbons (Fsp3) is 0.571. The van der Waals surface area contributed by atoms with Crippen LogP contribution in [0, 0.1) is 6.92 Å². The lowest BCUT2D eigenvalue weighted by Gasteiger charge is -2.09. The Labute approximate surface area is 69.3 Å². The molecule has 62 valence electrons. The summed E-state index contributed by atoms with van der Waals surface area (Å²) in [7, 11) is 0. The van der Waals surface area contributed by atoms with Crippen molar-refractivity contribution in [2.45, 2.75) is 26.1 Å². The number of aryl methyl sites for hydroxylation is 1. The minimum absolute atomic E-state index is 0.558. The summed E-state index contributed by atoms with van der Waals surface area (Å²) in [5.41, 5.74) is 0.558. The summed E-state index contributed by atoms with van der Waals surface area (Å²) >= 11 is 1.47. The van der Waals surface area contributed by atoms with Crippen LogP contribution in [0.4, 0.5) is 0 Å². The first-order chi connectivity index (χ1) is 5.11. The van der Waals surface area contributed by atoms with E-state index in [4.69, 9.17) is 5.11 Å². The third kappa shape index (κ3) is 1.99. The summed E-state index contributed by atoms with van der Waals surface area (Å²) < 4.78 is 0. The molecule has 0 amide bonds. The van der Waals surface area contributed by atoms with Crippen molar-refractivity contribution in [1.29, 1.82) is 0 Å². The quantitative estimate of drug-likeness (QED) is 0.697. The normalized spacial score (nSPS) is 16.4. The molecule has 0 aliphatic heterocycles. The summed E-state index contributed by atoms with van der Waals surface area (Å²) in [5.74, 6) is 0. The van der Waals surface area contributed by atoms with Crippen LogP contribution in [0.5, 0.6) is 0 Å². The second-order valence-electron chi connectivity index (χ2n) is 2.48. The number of hydrogen-bond acceptors (Lipinski definition) is 4. The summed E-state index contributed by atoms with van der Waals surface area (Å²) in [5, 5.41) is 21.0. The van der Waals surface area contributed by atoms with Gasteiger partial charge in [0.05, 0.1) is 16.8 Å². The average molecular weight is 173 g/mol. The van der Waals surface area contributed by atoms with Gasteiger partial charge in [-0.05, 0) is 13.8 Å². The molecule has 0 fully saturated rings. The van der Waals surface area contributed by atoms with Crippen LogP contribution >= 0.6 is 11.3 Å². The van der Waals surface area contributed by atoms with E-state index >= 15 is 0 Å². The van der Waals surface area contributed by atoms with Gasteiger partial charge >= 0.3 is 0 Å². The first kappa shape index (κ1) is 8.64. The second kappa shape index (κ2) is 3.30. The van der Waals surface area contributed by atoms with Crippen molar-refractivity contribution in [2.24, 2.45) is 0 Å². The number of aliphatic hydroxyl groups excluding tert-OH is 2. The van der Waals surface area contributed by atoms with E-state index < -0.39 is 12.2 Å². The molecule has 2 atom stereocenters. The van der Waals surface area contributed by atoms with E-state index in [1.54, 1.807) is 12.3 Å². The molecule has 1 aromatic heterocycles. The number of nitrogens with zero attached hydrogens (tertiary/aromatic N) is 1. The van der Waals surface area contributed by atoms with E-state index in [0.29, 0.717) is 5.69 Å². The molecule has 0 aliphatic carbocycles. The molecule has 2 unspecified atom stereocenters. The van der Waals surface area contributed by atoms with Gasteiger partial charge in [-0.3, -0.25) is 0 Å². The Hall–Kier alpha value is -0.450. The molecular formula is C7H11NO2S. The van der Waals surface area contributed by atoms with Crippen molar-refractivity contribution in [3.63, 3.8) is 0 Å². The fourth-order valence-corrected chi connectivity index (χ4v) is 1.40. The molecule has 1 heterocycles. The van der Waals surface area contributed by atoms with Gasteiger partial charge in [0.25, 0.3) is 0 Å². The van der Waals surface area contributed by atoms with E-state index in [1.807, 2.05) is 6.92 Å². The Morgan fingerprint density at radius 2 is 2.18 bits per heavy atom. The molecular weight excluding hydrogens is 162 g/mol. The molecule has 0 bridgehead atoms. The van der Waals surface area contributed by atoms with Crippen molar-refractivity contribution in [2.75, 3.05) is 0 Å². The van der Waals surface area contributed by atoms with Gasteiger partial charge < -0.3 is 10.2 Å². The third-order valence-corrected chi connectivity index (χ3v) is 2.19. The molecule has 0 spiro atoms. The lowest BCUT2D eigenvalue weighted by Crippen LogP contribution is -2.13. The third-order valence-electron chi connectivity index (χ3n) is 1.40. The zero-order valence-corrected chi connectivity index (χ0v) is 7.30. The first-order valence-electron chi connectivity index (χ1n) is 3.39. The van der Waals surface area contributed by atoms with Gasteiger partial charge in [-0.1, -0.05) is 0 Å². The summed E-state index contributed by atoms with van der Waals surface area (Å²) in [6.45, 7) is 3.41. The fourth-order valence-electron chi connectivity index (χ4n) is 0.763. The van der Waals surface area contributed by atoms with Crippen LogP contribution in [-0.2, 0) is 0 Å². The van der Waals surface area contributed by atoms with Gasteiger partial charge in [0.15, 0.2) is 0 Å². The molecule has 1 aromatic rings. The van der Waals surface area contributed by atoms with Crippen molar-refractivity contribution in [3.05, 3.63) is 16.1 Å². The number of thiazole rings is 1. The highest BCUT2D eigenvalue weighted by molar-refractivity contribution is 7.09. The highest BCUT2D eigenvalue weighted by atomic mass is 32.1. The molecule has 1 rings (SSSR count). The molecule has 0 saturated heterocycles. The van der Waals surface area contributed by atoms with Gasteiger partial charge in [-0.2, -0.15) is 0 Å². The topological polar surface area (TPSA) is 53.4 Å². The smallest absolute Gasteiger partial charge is 0.122 e. The zero-order valence-electron chi connectivity index (χ0n) is 6.48. The monoisotopic (exact) mass is 173 g/mol. The Balaban J connectivity index is 2.76. The number of aromatic nitrogens is 1. The van der Waals surface area contributed by atoms with Crippen LogP contribution in [0.25, 0.3) is 0 Å². The van der Waals surface area contributed by atoms with Gasteiger partial charge in [-0.25, -0.2) is 4.98 Å². The number of rotatable bonds is 2. The van der Waals surface area contributed by atoms with Gasteiger partial charge in [-0.15, -0.1) is 11.3 Å². The van der Waals surface area contributed by atoms with Crippen molar-refractivity contribution in [1.82, 2.24) is 4.98 Å². The summed E-state index contributed by atoms with van der Waals surface area (Å²) in [6, 6.07) is 0. The second-order valence-corrected chi connectivity index (χ2v) is 3.54. The minimum Gasteiger partial charge on any atom is -0.390 e. The van der Waals surface area contributed by atoms with Crippen LogP contribution < -0.4 is 0 Å². The molecule has 11 heavy (non-hydrogen) atoms. The Morgan fingerprint density at radius 3 is 2.55 bits per heavy atom. The predicted molar refractivity (Wildman–Crippen MR) is 43.5 cm³/mol. The summed E-state index contributed by atoms with van der Waals surface area (Å²) in [6.07, 6.45) is -1.60. The zero-order chi connectivity index (χ0) is 8.43. The molecule has 0 aromatic carbocycles. The van der Waals surface area contributed by atoms with Gasteiger partial charge in [0.2, 0.25) is 0 Å². The SMILES string of the molecule is Cc1nc(C(O)C(C)O)cs1. The van der Waals surface area contributed by atoms with Gasteiger partial charge in [0, 0.05) is 5.38 Å². The highest BCUT2D eigenvalue weighted by Crippen LogP contribution is 2.18. The standard InChI is InChI=1S/C7H11NO2S/c1-4(9)7(10)6-3-11-5(2)8-6/h3-4,7,9-10H,1-2H3. The minimum atomic E-state index is -0.847. The molecule has 2 N–H and O–H groups in total. The number of aliphatic hydroxyl groups is 2. The first-order valence-corrected chi connectivity index (χ1v) is 4.27. The molecule has 0 aliphatic rings. The highest BCUT2D eigenvalue weighted by Gasteiger charge is 2.15. The van der Waals surface area contributed by atoms with Crippen molar-refractivity contribution in [3.8, 4) is 0 Å². The van der Waals surface area contributed by atoms with E-state index in [0.717, 1.165) is 5.01 Å². The lowest BCUT2D eigenvalue weighted by atomic mass is 10.2. The Kier molecular flexibility index (Phi) is 2.59. The maximum absolute atomic E-state index is 9.31. The lowest BCUT2D eigenvalue weighted by molar-refractivity contribution is 0.0281. The number of hydrogen-bond donors (Lipinski definition) is 2. The molecule has 4 heteroatoms. The predicted octanol–water partition coefficient (Wildman–Crippen LogP) is 0.866. The van der Waals surface area contributed by atoms with Crippen LogP contribution in [0.3, 0.4) is 0 Å². The Bertz CT molecular complexity index is 234. The molecule has 0 radical (unpaired) electrons. The largest absolute Gasteiger partial charge is 0.390 e. The van der Waals surface area contributed by atoms with E-state index in [1.165, 1.54) is 11.3 Å². The van der Waals surface area contributed by atoms with Gasteiger partial charge in [0.1, 0.15) is 6.10 Å². The maximum Gasteiger partial charge on any atom is 0.122 e.